The van der Waals surface area contributed by atoms with Crippen LogP contribution >= 0.6 is 0 Å². The molecule has 0 spiro atoms. The largest absolute Gasteiger partial charge is 0.419 e. The van der Waals surface area contributed by atoms with Gasteiger partial charge in [0.1, 0.15) is 17.0 Å². The van der Waals surface area contributed by atoms with E-state index >= 15 is 0 Å². The quantitative estimate of drug-likeness (QED) is 0.648. The summed E-state index contributed by atoms with van der Waals surface area (Å²) in [6.07, 6.45) is 3.21. The lowest BCUT2D eigenvalue weighted by Gasteiger charge is -2.37. The number of ether oxygens (including phenoxy) is 2. The molecule has 0 bridgehead atoms. The first-order valence-electron chi connectivity index (χ1n) is 10.1. The summed E-state index contributed by atoms with van der Waals surface area (Å²) in [7, 11) is 0. The summed E-state index contributed by atoms with van der Waals surface area (Å²) in [5.41, 5.74) is 2.40. The van der Waals surface area contributed by atoms with Gasteiger partial charge in [0.25, 0.3) is 5.89 Å². The molecule has 2 saturated heterocycles. The first-order chi connectivity index (χ1) is 14.3. The fourth-order valence-electron chi connectivity index (χ4n) is 4.13. The Balaban J connectivity index is 1.38. The van der Waals surface area contributed by atoms with Gasteiger partial charge in [-0.05, 0) is 26.3 Å². The third kappa shape index (κ3) is 3.71. The van der Waals surface area contributed by atoms with E-state index in [1.54, 1.807) is 0 Å². The maximum Gasteiger partial charge on any atom is 0.253 e. The van der Waals surface area contributed by atoms with Crippen LogP contribution in [0.15, 0.2) is 39.3 Å². The van der Waals surface area contributed by atoms with Crippen LogP contribution in [0, 0.1) is 6.92 Å². The van der Waals surface area contributed by atoms with Gasteiger partial charge in [-0.2, -0.15) is 0 Å². The molecule has 0 radical (unpaired) electrons. The Morgan fingerprint density at radius 1 is 1.07 bits per heavy atom. The Kier molecular flexibility index (Phi) is 5.13. The molecule has 1 atom stereocenters. The predicted molar refractivity (Wildman–Crippen MR) is 104 cm³/mol. The van der Waals surface area contributed by atoms with Crippen molar-refractivity contribution >= 4 is 0 Å². The van der Waals surface area contributed by atoms with Crippen molar-refractivity contribution in [3.63, 3.8) is 0 Å². The molecule has 0 N–H and O–H groups in total. The third-order valence-electron chi connectivity index (χ3n) is 5.55. The zero-order valence-corrected chi connectivity index (χ0v) is 16.4. The third-order valence-corrected chi connectivity index (χ3v) is 5.55. The van der Waals surface area contributed by atoms with E-state index in [1.807, 2.05) is 37.3 Å². The number of aromatic nitrogens is 3. The second-order valence-corrected chi connectivity index (χ2v) is 7.47. The summed E-state index contributed by atoms with van der Waals surface area (Å²) in [4.78, 5) is 2.33. The SMILES string of the molecule is Cc1onc(-c2ccccc2)c1-c1nnc(CN2CCCCC2C2OCCO2)o1. The molecule has 4 heterocycles. The zero-order chi connectivity index (χ0) is 19.6. The lowest BCUT2D eigenvalue weighted by molar-refractivity contribution is -0.112. The molecule has 2 fully saturated rings. The summed E-state index contributed by atoms with van der Waals surface area (Å²) < 4.78 is 23.0. The van der Waals surface area contributed by atoms with E-state index in [4.69, 9.17) is 18.4 Å². The highest BCUT2D eigenvalue weighted by Gasteiger charge is 2.34. The minimum Gasteiger partial charge on any atom is -0.419 e. The number of aryl methyl sites for hydroxylation is 1. The van der Waals surface area contributed by atoms with Crippen LogP contribution < -0.4 is 0 Å². The molecule has 1 aromatic carbocycles. The van der Waals surface area contributed by atoms with E-state index in [0.717, 1.165) is 30.5 Å². The van der Waals surface area contributed by atoms with Crippen molar-refractivity contribution < 1.29 is 18.4 Å². The van der Waals surface area contributed by atoms with E-state index in [2.05, 4.69) is 20.3 Å². The smallest absolute Gasteiger partial charge is 0.253 e. The Morgan fingerprint density at radius 3 is 2.72 bits per heavy atom. The molecule has 2 aliphatic heterocycles. The van der Waals surface area contributed by atoms with Gasteiger partial charge in [-0.1, -0.05) is 41.9 Å². The highest BCUT2D eigenvalue weighted by molar-refractivity contribution is 5.77. The molecule has 152 valence electrons. The van der Waals surface area contributed by atoms with E-state index in [0.29, 0.717) is 43.0 Å². The topological polar surface area (TPSA) is 86.7 Å². The number of benzene rings is 1. The van der Waals surface area contributed by atoms with Gasteiger partial charge in [0, 0.05) is 5.56 Å². The van der Waals surface area contributed by atoms with Crippen molar-refractivity contribution in [1.82, 2.24) is 20.3 Å². The van der Waals surface area contributed by atoms with E-state index in [9.17, 15) is 0 Å². The molecular weight excluding hydrogens is 372 g/mol. The van der Waals surface area contributed by atoms with Gasteiger partial charge in [0.15, 0.2) is 6.29 Å². The molecule has 8 nitrogen and oxygen atoms in total. The lowest BCUT2D eigenvalue weighted by Crippen LogP contribution is -2.46. The van der Waals surface area contributed by atoms with Crippen LogP contribution in [0.1, 0.15) is 30.9 Å². The fraction of sp³-hybridized carbons (Fsp3) is 0.476. The molecule has 0 saturated carbocycles. The monoisotopic (exact) mass is 396 g/mol. The minimum atomic E-state index is -0.164. The number of rotatable bonds is 5. The van der Waals surface area contributed by atoms with E-state index in [-0.39, 0.29) is 12.3 Å². The molecule has 3 aromatic rings. The predicted octanol–water partition coefficient (Wildman–Crippen LogP) is 3.43. The maximum absolute atomic E-state index is 6.04. The van der Waals surface area contributed by atoms with E-state index in [1.165, 1.54) is 6.42 Å². The second-order valence-electron chi connectivity index (χ2n) is 7.47. The van der Waals surface area contributed by atoms with Crippen molar-refractivity contribution in [2.45, 2.75) is 45.1 Å². The number of hydrogen-bond donors (Lipinski definition) is 0. The number of likely N-dealkylation sites (tertiary alicyclic amines) is 1. The first kappa shape index (κ1) is 18.5. The molecule has 5 rings (SSSR count). The molecule has 2 aliphatic rings. The summed E-state index contributed by atoms with van der Waals surface area (Å²) >= 11 is 0. The van der Waals surface area contributed by atoms with Crippen molar-refractivity contribution in [1.29, 1.82) is 0 Å². The molecule has 0 amide bonds. The van der Waals surface area contributed by atoms with Gasteiger partial charge in [-0.25, -0.2) is 0 Å². The normalized spacial score (nSPS) is 21.1. The van der Waals surface area contributed by atoms with Gasteiger partial charge >= 0.3 is 0 Å². The van der Waals surface area contributed by atoms with Crippen molar-refractivity contribution in [3.8, 4) is 22.7 Å². The summed E-state index contributed by atoms with van der Waals surface area (Å²) in [6.45, 7) is 4.72. The molecule has 1 unspecified atom stereocenters. The standard InChI is InChI=1S/C21H24N4O4/c1-14-18(19(24-29-14)15-7-3-2-4-8-15)20-23-22-17(28-20)13-25-10-6-5-9-16(25)21-26-11-12-27-21/h2-4,7-8,16,21H,5-6,9-13H2,1H3. The molecule has 2 aromatic heterocycles. The minimum absolute atomic E-state index is 0.164. The van der Waals surface area contributed by atoms with Crippen LogP contribution in [-0.4, -0.2) is 52.3 Å². The van der Waals surface area contributed by atoms with Crippen LogP contribution in [0.25, 0.3) is 22.7 Å². The van der Waals surface area contributed by atoms with Gasteiger partial charge < -0.3 is 18.4 Å². The van der Waals surface area contributed by atoms with Crippen LogP contribution in [0.5, 0.6) is 0 Å². The number of piperidine rings is 1. The van der Waals surface area contributed by atoms with Crippen LogP contribution in [0.3, 0.4) is 0 Å². The first-order valence-corrected chi connectivity index (χ1v) is 10.1. The highest BCUT2D eigenvalue weighted by atomic mass is 16.7. The number of nitrogens with zero attached hydrogens (tertiary/aromatic N) is 4. The van der Waals surface area contributed by atoms with Crippen molar-refractivity contribution in [2.75, 3.05) is 19.8 Å². The van der Waals surface area contributed by atoms with Crippen LogP contribution in [-0.2, 0) is 16.0 Å². The van der Waals surface area contributed by atoms with Crippen molar-refractivity contribution in [2.24, 2.45) is 0 Å². The maximum atomic E-state index is 6.04. The Hall–Kier alpha value is -2.55. The van der Waals surface area contributed by atoms with Gasteiger partial charge in [0.2, 0.25) is 5.89 Å². The second kappa shape index (κ2) is 8.06. The van der Waals surface area contributed by atoms with E-state index < -0.39 is 0 Å². The Labute approximate surface area is 168 Å². The van der Waals surface area contributed by atoms with Gasteiger partial charge in [0.05, 0.1) is 25.8 Å². The number of hydrogen-bond acceptors (Lipinski definition) is 8. The van der Waals surface area contributed by atoms with Crippen molar-refractivity contribution in [3.05, 3.63) is 42.0 Å². The molecular formula is C21H24N4O4. The summed E-state index contributed by atoms with van der Waals surface area (Å²) in [5, 5.41) is 12.8. The Bertz CT molecular complexity index is 949. The van der Waals surface area contributed by atoms with Gasteiger partial charge in [-0.15, -0.1) is 10.2 Å². The zero-order valence-electron chi connectivity index (χ0n) is 16.4. The van der Waals surface area contributed by atoms with Crippen LogP contribution in [0.2, 0.25) is 0 Å². The fourth-order valence-corrected chi connectivity index (χ4v) is 4.13. The average Bonchev–Trinajstić information content (AvgIpc) is 3.50. The summed E-state index contributed by atoms with van der Waals surface area (Å²) in [6, 6.07) is 10.1. The molecule has 29 heavy (non-hydrogen) atoms. The van der Waals surface area contributed by atoms with Gasteiger partial charge in [-0.3, -0.25) is 4.90 Å². The molecule has 8 heteroatoms. The summed E-state index contributed by atoms with van der Waals surface area (Å²) in [5.74, 6) is 1.66. The average molecular weight is 396 g/mol. The highest BCUT2D eigenvalue weighted by Crippen LogP contribution is 2.34. The Morgan fingerprint density at radius 2 is 1.90 bits per heavy atom. The van der Waals surface area contributed by atoms with Crippen LogP contribution in [0.4, 0.5) is 0 Å². The lowest BCUT2D eigenvalue weighted by atomic mass is 10.0. The molecule has 0 aliphatic carbocycles.